The van der Waals surface area contributed by atoms with Crippen LogP contribution in [-0.2, 0) is 0 Å². The Bertz CT molecular complexity index is 797. The average Bonchev–Trinajstić information content (AvgIpc) is 2.89. The van der Waals surface area contributed by atoms with Gasteiger partial charge in [-0.25, -0.2) is 0 Å². The van der Waals surface area contributed by atoms with Crippen molar-refractivity contribution < 1.29 is 4.42 Å². The van der Waals surface area contributed by atoms with Crippen LogP contribution in [0.2, 0.25) is 5.02 Å². The fourth-order valence-electron chi connectivity index (χ4n) is 2.57. The Morgan fingerprint density at radius 3 is 2.67 bits per heavy atom. The van der Waals surface area contributed by atoms with Gasteiger partial charge in [-0.15, -0.1) is 0 Å². The fourth-order valence-corrected chi connectivity index (χ4v) is 3.18. The molecule has 4 heteroatoms. The van der Waals surface area contributed by atoms with Gasteiger partial charge in [0.25, 0.3) is 0 Å². The molecule has 0 bridgehead atoms. The highest BCUT2D eigenvalue weighted by molar-refractivity contribution is 9.10. The molecule has 1 N–H and O–H groups in total. The van der Waals surface area contributed by atoms with Crippen LogP contribution in [0.5, 0.6) is 0 Å². The standard InChI is InChI=1S/C17H15BrClNO/c1-10-5-3-6-11-9-14(21-17(10)11)16(20-2)12-7-4-8-13(18)15(12)19/h3-9,16,20H,1-2H3. The molecular weight excluding hydrogens is 350 g/mol. The van der Waals surface area contributed by atoms with Crippen molar-refractivity contribution in [3.05, 3.63) is 68.8 Å². The summed E-state index contributed by atoms with van der Waals surface area (Å²) in [5, 5.41) is 5.09. The number of aryl methyl sites for hydroxylation is 1. The lowest BCUT2D eigenvalue weighted by Gasteiger charge is -2.16. The SMILES string of the molecule is CNC(c1cc2cccc(C)c2o1)c1cccc(Br)c1Cl. The monoisotopic (exact) mass is 363 g/mol. The first-order chi connectivity index (χ1) is 10.1. The summed E-state index contributed by atoms with van der Waals surface area (Å²) in [6.45, 7) is 2.05. The maximum atomic E-state index is 6.42. The van der Waals surface area contributed by atoms with E-state index in [1.807, 2.05) is 31.3 Å². The topological polar surface area (TPSA) is 25.2 Å². The Hall–Kier alpha value is -1.29. The summed E-state index contributed by atoms with van der Waals surface area (Å²) < 4.78 is 6.95. The Morgan fingerprint density at radius 1 is 1.19 bits per heavy atom. The normalized spacial score (nSPS) is 12.8. The van der Waals surface area contributed by atoms with E-state index >= 15 is 0 Å². The van der Waals surface area contributed by atoms with Gasteiger partial charge in [0.15, 0.2) is 0 Å². The van der Waals surface area contributed by atoms with Crippen molar-refractivity contribution in [2.75, 3.05) is 7.05 Å². The predicted octanol–water partition coefficient (Wildman–Crippen LogP) is 5.47. The van der Waals surface area contributed by atoms with Crippen molar-refractivity contribution in [3.63, 3.8) is 0 Å². The summed E-state index contributed by atoms with van der Waals surface area (Å²) >= 11 is 9.89. The number of rotatable bonds is 3. The number of halogens is 2. The van der Waals surface area contributed by atoms with Gasteiger partial charge in [-0.1, -0.05) is 41.9 Å². The molecule has 0 saturated heterocycles. The second kappa shape index (κ2) is 5.84. The van der Waals surface area contributed by atoms with Crippen LogP contribution in [0.4, 0.5) is 0 Å². The zero-order valence-electron chi connectivity index (χ0n) is 11.8. The third kappa shape index (κ3) is 2.61. The van der Waals surface area contributed by atoms with E-state index in [2.05, 4.69) is 46.4 Å². The van der Waals surface area contributed by atoms with E-state index in [4.69, 9.17) is 16.0 Å². The van der Waals surface area contributed by atoms with Crippen LogP contribution < -0.4 is 5.32 Å². The zero-order chi connectivity index (χ0) is 15.0. The molecule has 1 aromatic heterocycles. The average molecular weight is 365 g/mol. The van der Waals surface area contributed by atoms with Crippen molar-refractivity contribution in [3.8, 4) is 0 Å². The maximum absolute atomic E-state index is 6.42. The highest BCUT2D eigenvalue weighted by atomic mass is 79.9. The summed E-state index contributed by atoms with van der Waals surface area (Å²) in [7, 11) is 1.90. The summed E-state index contributed by atoms with van der Waals surface area (Å²) in [6, 6.07) is 14.1. The molecule has 0 radical (unpaired) electrons. The van der Waals surface area contributed by atoms with Crippen molar-refractivity contribution in [1.29, 1.82) is 0 Å². The number of fused-ring (bicyclic) bond motifs is 1. The number of hydrogen-bond donors (Lipinski definition) is 1. The smallest absolute Gasteiger partial charge is 0.137 e. The van der Waals surface area contributed by atoms with Crippen molar-refractivity contribution >= 4 is 38.5 Å². The van der Waals surface area contributed by atoms with E-state index in [0.29, 0.717) is 5.02 Å². The molecule has 108 valence electrons. The second-order valence-corrected chi connectivity index (χ2v) is 6.24. The number of para-hydroxylation sites is 1. The van der Waals surface area contributed by atoms with Crippen LogP contribution in [-0.4, -0.2) is 7.05 Å². The van der Waals surface area contributed by atoms with Crippen LogP contribution in [0.1, 0.15) is 22.9 Å². The first-order valence-corrected chi connectivity index (χ1v) is 7.89. The molecule has 0 aliphatic carbocycles. The first kappa shape index (κ1) is 14.6. The van der Waals surface area contributed by atoms with Gasteiger partial charge in [0.1, 0.15) is 11.3 Å². The molecular formula is C17H15BrClNO. The molecule has 3 rings (SSSR count). The van der Waals surface area contributed by atoms with Gasteiger partial charge in [0, 0.05) is 9.86 Å². The predicted molar refractivity (Wildman–Crippen MR) is 91.0 cm³/mol. The van der Waals surface area contributed by atoms with E-state index < -0.39 is 0 Å². The van der Waals surface area contributed by atoms with Crippen molar-refractivity contribution in [2.45, 2.75) is 13.0 Å². The number of benzene rings is 2. The third-order valence-corrected chi connectivity index (χ3v) is 4.94. The maximum Gasteiger partial charge on any atom is 0.137 e. The summed E-state index contributed by atoms with van der Waals surface area (Å²) in [5.74, 6) is 0.863. The van der Waals surface area contributed by atoms with Crippen LogP contribution in [0, 0.1) is 6.92 Å². The fraction of sp³-hybridized carbons (Fsp3) is 0.176. The molecule has 0 aliphatic heterocycles. The summed E-state index contributed by atoms with van der Waals surface area (Å²) in [4.78, 5) is 0. The molecule has 0 aliphatic rings. The lowest BCUT2D eigenvalue weighted by atomic mass is 10.0. The molecule has 3 aromatic rings. The van der Waals surface area contributed by atoms with Gasteiger partial charge < -0.3 is 9.73 Å². The molecule has 0 saturated carbocycles. The van der Waals surface area contributed by atoms with Crippen LogP contribution in [0.3, 0.4) is 0 Å². The molecule has 1 heterocycles. The van der Waals surface area contributed by atoms with E-state index in [-0.39, 0.29) is 6.04 Å². The Labute approximate surface area is 137 Å². The highest BCUT2D eigenvalue weighted by Gasteiger charge is 2.20. The largest absolute Gasteiger partial charge is 0.459 e. The number of nitrogens with one attached hydrogen (secondary N) is 1. The Balaban J connectivity index is 2.14. The van der Waals surface area contributed by atoms with Gasteiger partial charge in [-0.3, -0.25) is 0 Å². The quantitative estimate of drug-likeness (QED) is 0.667. The Kier molecular flexibility index (Phi) is 4.07. The lowest BCUT2D eigenvalue weighted by Crippen LogP contribution is -2.17. The molecule has 0 fully saturated rings. The molecule has 1 unspecified atom stereocenters. The van der Waals surface area contributed by atoms with Crippen LogP contribution >= 0.6 is 27.5 Å². The van der Waals surface area contributed by atoms with E-state index in [9.17, 15) is 0 Å². The summed E-state index contributed by atoms with van der Waals surface area (Å²) in [6.07, 6.45) is 0. The van der Waals surface area contributed by atoms with E-state index in [1.165, 1.54) is 0 Å². The van der Waals surface area contributed by atoms with Gasteiger partial charge in [0.2, 0.25) is 0 Å². The van der Waals surface area contributed by atoms with Crippen LogP contribution in [0.15, 0.2) is 51.4 Å². The van der Waals surface area contributed by atoms with Gasteiger partial charge in [0.05, 0.1) is 11.1 Å². The third-order valence-electron chi connectivity index (χ3n) is 3.63. The molecule has 1 atom stereocenters. The number of hydrogen-bond acceptors (Lipinski definition) is 2. The van der Waals surface area contributed by atoms with Gasteiger partial charge in [-0.2, -0.15) is 0 Å². The van der Waals surface area contributed by atoms with Gasteiger partial charge >= 0.3 is 0 Å². The highest BCUT2D eigenvalue weighted by Crippen LogP contribution is 2.35. The van der Waals surface area contributed by atoms with Crippen molar-refractivity contribution in [2.24, 2.45) is 0 Å². The molecule has 2 aromatic carbocycles. The minimum absolute atomic E-state index is 0.0817. The molecule has 21 heavy (non-hydrogen) atoms. The zero-order valence-corrected chi connectivity index (χ0v) is 14.1. The summed E-state index contributed by atoms with van der Waals surface area (Å²) in [5.41, 5.74) is 3.05. The second-order valence-electron chi connectivity index (χ2n) is 5.01. The van der Waals surface area contributed by atoms with E-state index in [0.717, 1.165) is 32.3 Å². The lowest BCUT2D eigenvalue weighted by molar-refractivity contribution is 0.490. The molecule has 0 amide bonds. The first-order valence-electron chi connectivity index (χ1n) is 6.72. The Morgan fingerprint density at radius 2 is 1.95 bits per heavy atom. The minimum Gasteiger partial charge on any atom is -0.459 e. The molecule has 0 spiro atoms. The minimum atomic E-state index is -0.0817. The van der Waals surface area contributed by atoms with Crippen molar-refractivity contribution in [1.82, 2.24) is 5.32 Å². The molecule has 2 nitrogen and oxygen atoms in total. The van der Waals surface area contributed by atoms with Gasteiger partial charge in [-0.05, 0) is 53.2 Å². The van der Waals surface area contributed by atoms with E-state index in [1.54, 1.807) is 0 Å². The van der Waals surface area contributed by atoms with Crippen LogP contribution in [0.25, 0.3) is 11.0 Å². The number of furan rings is 1.